The highest BCUT2D eigenvalue weighted by molar-refractivity contribution is 5.94. The van der Waals surface area contributed by atoms with Gasteiger partial charge in [0.05, 0.1) is 24.5 Å². The standard InChI is InChI=1S/C26H22N4O3/c1-33-16-23(18-8-3-2-4-9-18)28-25(31)21-14-24-26(32)27-22(15-30(24)29-21)20-12-11-17-7-5-6-10-19(17)13-20/h2-15,23H,16H2,1H3,(H,27,32)(H,28,31)/t23-/m1/s1. The summed E-state index contributed by atoms with van der Waals surface area (Å²) in [5.41, 5.74) is 2.55. The molecule has 1 atom stereocenters. The second-order valence-electron chi connectivity index (χ2n) is 7.81. The molecule has 1 amide bonds. The molecule has 0 aliphatic carbocycles. The van der Waals surface area contributed by atoms with E-state index < -0.39 is 0 Å². The average Bonchev–Trinajstić information content (AvgIpc) is 3.29. The molecular formula is C26H22N4O3. The summed E-state index contributed by atoms with van der Waals surface area (Å²) in [4.78, 5) is 28.6. The summed E-state index contributed by atoms with van der Waals surface area (Å²) < 4.78 is 6.72. The molecule has 0 bridgehead atoms. The van der Waals surface area contributed by atoms with Crippen molar-refractivity contribution in [3.63, 3.8) is 0 Å². The maximum absolute atomic E-state index is 12.9. The van der Waals surface area contributed by atoms with Crippen LogP contribution in [0.4, 0.5) is 0 Å². The molecule has 0 saturated carbocycles. The van der Waals surface area contributed by atoms with Crippen LogP contribution < -0.4 is 10.9 Å². The molecule has 33 heavy (non-hydrogen) atoms. The zero-order valence-corrected chi connectivity index (χ0v) is 18.0. The molecule has 0 fully saturated rings. The molecule has 5 aromatic rings. The Balaban J connectivity index is 1.47. The second kappa shape index (κ2) is 8.72. The molecule has 0 spiro atoms. The van der Waals surface area contributed by atoms with Gasteiger partial charge in [-0.15, -0.1) is 0 Å². The number of H-pyrrole nitrogens is 1. The number of hydrogen-bond donors (Lipinski definition) is 2. The number of ether oxygens (including phenoxy) is 1. The summed E-state index contributed by atoms with van der Waals surface area (Å²) in [5.74, 6) is -0.378. The van der Waals surface area contributed by atoms with Crippen LogP contribution in [-0.4, -0.2) is 34.2 Å². The lowest BCUT2D eigenvalue weighted by Crippen LogP contribution is -2.31. The maximum atomic E-state index is 12.9. The number of carbonyl (C=O) groups excluding carboxylic acids is 1. The van der Waals surface area contributed by atoms with Gasteiger partial charge in [0.15, 0.2) is 5.69 Å². The van der Waals surface area contributed by atoms with Crippen molar-refractivity contribution in [1.29, 1.82) is 0 Å². The monoisotopic (exact) mass is 438 g/mol. The number of hydrogen-bond acceptors (Lipinski definition) is 4. The van der Waals surface area contributed by atoms with Crippen LogP contribution in [0.1, 0.15) is 22.1 Å². The first kappa shape index (κ1) is 20.7. The molecular weight excluding hydrogens is 416 g/mol. The van der Waals surface area contributed by atoms with Crippen LogP contribution in [0.5, 0.6) is 0 Å². The van der Waals surface area contributed by atoms with E-state index in [1.54, 1.807) is 13.3 Å². The maximum Gasteiger partial charge on any atom is 0.274 e. The number of aromatic nitrogens is 3. The predicted octanol–water partition coefficient (Wildman–Crippen LogP) is 3.96. The van der Waals surface area contributed by atoms with Gasteiger partial charge in [0, 0.05) is 18.7 Å². The lowest BCUT2D eigenvalue weighted by atomic mass is 10.1. The fraction of sp³-hybridized carbons (Fsp3) is 0.115. The molecule has 0 saturated heterocycles. The van der Waals surface area contributed by atoms with Crippen LogP contribution in [0.25, 0.3) is 27.5 Å². The molecule has 2 aromatic heterocycles. The van der Waals surface area contributed by atoms with Gasteiger partial charge < -0.3 is 15.0 Å². The summed E-state index contributed by atoms with van der Waals surface area (Å²) in [7, 11) is 1.58. The Morgan fingerprint density at radius 1 is 1.03 bits per heavy atom. The highest BCUT2D eigenvalue weighted by atomic mass is 16.5. The van der Waals surface area contributed by atoms with E-state index in [0.717, 1.165) is 21.9 Å². The van der Waals surface area contributed by atoms with Crippen LogP contribution in [-0.2, 0) is 4.74 Å². The highest BCUT2D eigenvalue weighted by Gasteiger charge is 2.19. The van der Waals surface area contributed by atoms with Gasteiger partial charge in [0.2, 0.25) is 0 Å². The fourth-order valence-electron chi connectivity index (χ4n) is 3.92. The third kappa shape index (κ3) is 4.14. The number of benzene rings is 3. The number of amides is 1. The molecule has 7 heteroatoms. The lowest BCUT2D eigenvalue weighted by Gasteiger charge is -2.17. The van der Waals surface area contributed by atoms with Gasteiger partial charge in [-0.1, -0.05) is 66.7 Å². The van der Waals surface area contributed by atoms with Crippen molar-refractivity contribution in [2.75, 3.05) is 13.7 Å². The molecule has 0 aliphatic rings. The molecule has 0 unspecified atom stereocenters. The quantitative estimate of drug-likeness (QED) is 0.420. The first-order valence-electron chi connectivity index (χ1n) is 10.6. The van der Waals surface area contributed by atoms with Gasteiger partial charge in [-0.05, 0) is 22.4 Å². The van der Waals surface area contributed by atoms with Crippen LogP contribution in [0.15, 0.2) is 89.9 Å². The van der Waals surface area contributed by atoms with E-state index >= 15 is 0 Å². The van der Waals surface area contributed by atoms with Gasteiger partial charge >= 0.3 is 0 Å². The SMILES string of the molecule is COC[C@@H](NC(=O)c1cc2c(=O)[nH]c(-c3ccc4ccccc4c3)cn2n1)c1ccccc1. The number of methoxy groups -OCH3 is 1. The van der Waals surface area contributed by atoms with Crippen molar-refractivity contribution >= 4 is 22.2 Å². The number of nitrogens with one attached hydrogen (secondary N) is 2. The summed E-state index contributed by atoms with van der Waals surface area (Å²) in [5, 5.41) is 9.51. The van der Waals surface area contributed by atoms with Crippen molar-refractivity contribution in [3.8, 4) is 11.3 Å². The highest BCUT2D eigenvalue weighted by Crippen LogP contribution is 2.22. The fourth-order valence-corrected chi connectivity index (χ4v) is 3.92. The van der Waals surface area contributed by atoms with Crippen LogP contribution >= 0.6 is 0 Å². The Morgan fingerprint density at radius 3 is 2.58 bits per heavy atom. The molecule has 2 N–H and O–H groups in total. The van der Waals surface area contributed by atoms with E-state index in [2.05, 4.69) is 15.4 Å². The third-order valence-electron chi connectivity index (χ3n) is 5.60. The first-order valence-corrected chi connectivity index (χ1v) is 10.6. The Labute approximate surface area is 189 Å². The zero-order valence-electron chi connectivity index (χ0n) is 18.0. The Bertz CT molecular complexity index is 1500. The number of rotatable bonds is 6. The van der Waals surface area contributed by atoms with Crippen LogP contribution in [0.3, 0.4) is 0 Å². The first-order chi connectivity index (χ1) is 16.1. The smallest absolute Gasteiger partial charge is 0.274 e. The molecule has 7 nitrogen and oxygen atoms in total. The van der Waals surface area contributed by atoms with Crippen LogP contribution in [0.2, 0.25) is 0 Å². The number of nitrogens with zero attached hydrogens (tertiary/aromatic N) is 2. The largest absolute Gasteiger partial charge is 0.382 e. The molecule has 0 aliphatic heterocycles. The topological polar surface area (TPSA) is 88.5 Å². The van der Waals surface area contributed by atoms with E-state index in [9.17, 15) is 9.59 Å². The van der Waals surface area contributed by atoms with Crippen molar-refractivity contribution < 1.29 is 9.53 Å². The van der Waals surface area contributed by atoms with Gasteiger partial charge in [-0.25, -0.2) is 4.52 Å². The number of aromatic amines is 1. The normalized spacial score (nSPS) is 12.2. The zero-order chi connectivity index (χ0) is 22.8. The van der Waals surface area contributed by atoms with E-state index in [1.807, 2.05) is 72.8 Å². The molecule has 164 valence electrons. The molecule has 2 heterocycles. The second-order valence-corrected chi connectivity index (χ2v) is 7.81. The number of carbonyl (C=O) groups is 1. The summed E-state index contributed by atoms with van der Waals surface area (Å²) >= 11 is 0. The minimum absolute atomic E-state index is 0.160. The van der Waals surface area contributed by atoms with E-state index in [-0.39, 0.29) is 23.2 Å². The minimum Gasteiger partial charge on any atom is -0.382 e. The summed E-state index contributed by atoms with van der Waals surface area (Å²) in [6.07, 6.45) is 1.72. The third-order valence-corrected chi connectivity index (χ3v) is 5.60. The Kier molecular flexibility index (Phi) is 5.46. The van der Waals surface area contributed by atoms with Gasteiger partial charge in [-0.3, -0.25) is 9.59 Å². The van der Waals surface area contributed by atoms with Crippen molar-refractivity contribution in [3.05, 3.63) is 107 Å². The predicted molar refractivity (Wildman–Crippen MR) is 127 cm³/mol. The summed E-state index contributed by atoms with van der Waals surface area (Å²) in [6.45, 7) is 0.315. The van der Waals surface area contributed by atoms with Crippen molar-refractivity contribution in [1.82, 2.24) is 19.9 Å². The lowest BCUT2D eigenvalue weighted by molar-refractivity contribution is 0.0891. The minimum atomic E-state index is -0.378. The molecule has 3 aromatic carbocycles. The van der Waals surface area contributed by atoms with Crippen molar-refractivity contribution in [2.45, 2.75) is 6.04 Å². The Morgan fingerprint density at radius 2 is 1.79 bits per heavy atom. The van der Waals surface area contributed by atoms with E-state index in [0.29, 0.717) is 17.8 Å². The Hall–Kier alpha value is -4.23. The molecule has 5 rings (SSSR count). The van der Waals surface area contributed by atoms with Crippen LogP contribution in [0, 0.1) is 0 Å². The summed E-state index contributed by atoms with van der Waals surface area (Å²) in [6, 6.07) is 24.7. The van der Waals surface area contributed by atoms with Crippen molar-refractivity contribution in [2.24, 2.45) is 0 Å². The van der Waals surface area contributed by atoms with Gasteiger partial charge in [-0.2, -0.15) is 5.10 Å². The number of fused-ring (bicyclic) bond motifs is 2. The average molecular weight is 438 g/mol. The van der Waals surface area contributed by atoms with E-state index in [4.69, 9.17) is 4.74 Å². The van der Waals surface area contributed by atoms with Gasteiger partial charge in [0.1, 0.15) is 5.52 Å². The van der Waals surface area contributed by atoms with Gasteiger partial charge in [0.25, 0.3) is 11.5 Å². The van der Waals surface area contributed by atoms with E-state index in [1.165, 1.54) is 10.6 Å². The molecule has 0 radical (unpaired) electrons.